The summed E-state index contributed by atoms with van der Waals surface area (Å²) >= 11 is 0. The second kappa shape index (κ2) is 8.83. The molecular weight excluding hydrogens is 483 g/mol. The summed E-state index contributed by atoms with van der Waals surface area (Å²) < 4.78 is 72.1. The zero-order valence-corrected chi connectivity index (χ0v) is 19.7. The summed E-state index contributed by atoms with van der Waals surface area (Å²) in [6.45, 7) is 2.63. The number of ether oxygens (including phenoxy) is 1. The van der Waals surface area contributed by atoms with E-state index in [-0.39, 0.29) is 11.3 Å². The Morgan fingerprint density at radius 1 is 1.31 bits per heavy atom. The minimum Gasteiger partial charge on any atom is -0.495 e. The van der Waals surface area contributed by atoms with E-state index in [1.807, 2.05) is 25.2 Å². The number of aromatic nitrogens is 3. The number of nitrogens with one attached hydrogen (secondary N) is 1. The van der Waals surface area contributed by atoms with Gasteiger partial charge < -0.3 is 4.74 Å². The highest BCUT2D eigenvalue weighted by Crippen LogP contribution is 2.38. The average Bonchev–Trinajstić information content (AvgIpc) is 3.09. The first-order valence-corrected chi connectivity index (χ1v) is 12.0. The molecule has 8 nitrogen and oxygen atoms in total. The number of nitrogens with zero attached hydrogens (tertiary/aromatic N) is 4. The van der Waals surface area contributed by atoms with Crippen molar-refractivity contribution in [3.05, 3.63) is 53.9 Å². The molecule has 0 unspecified atom stereocenters. The molecular formula is C23H20F3N5O3S. The molecule has 0 radical (unpaired) electrons. The van der Waals surface area contributed by atoms with Crippen molar-refractivity contribution in [2.45, 2.75) is 37.4 Å². The molecule has 12 heteroatoms. The highest BCUT2D eigenvalue weighted by atomic mass is 32.2. The van der Waals surface area contributed by atoms with E-state index in [1.54, 1.807) is 15.4 Å². The monoisotopic (exact) mass is 503 g/mol. The Labute approximate surface area is 199 Å². The van der Waals surface area contributed by atoms with E-state index in [1.165, 1.54) is 13.2 Å². The number of aryl methyl sites for hydroxylation is 1. The van der Waals surface area contributed by atoms with Crippen molar-refractivity contribution in [2.24, 2.45) is 0 Å². The number of alkyl halides is 3. The molecule has 0 saturated heterocycles. The number of nitriles is 1. The number of methoxy groups -OCH3 is 1. The third-order valence-corrected chi connectivity index (χ3v) is 7.08. The highest BCUT2D eigenvalue weighted by Gasteiger charge is 2.39. The van der Waals surface area contributed by atoms with Crippen LogP contribution in [-0.2, 0) is 16.4 Å². The quantitative estimate of drug-likeness (QED) is 0.518. The van der Waals surface area contributed by atoms with E-state index in [9.17, 15) is 26.9 Å². The SMILES string of the molecule is CCc1nc2c(cc1OC)c(C#N)c(-c1ccc(S(=O)(=O)N[C@@H](C)C(F)(F)F)cn1)n2C1=CC=C1. The van der Waals surface area contributed by atoms with Gasteiger partial charge in [-0.15, -0.1) is 0 Å². The lowest BCUT2D eigenvalue weighted by atomic mass is 10.1. The Bertz CT molecular complexity index is 1520. The van der Waals surface area contributed by atoms with Gasteiger partial charge in [0.2, 0.25) is 10.0 Å². The van der Waals surface area contributed by atoms with Gasteiger partial charge in [0.25, 0.3) is 0 Å². The average molecular weight is 504 g/mol. The van der Waals surface area contributed by atoms with Crippen molar-refractivity contribution in [3.63, 3.8) is 0 Å². The molecule has 1 N–H and O–H groups in total. The third-order valence-electron chi connectivity index (χ3n) is 5.55. The molecule has 0 saturated carbocycles. The van der Waals surface area contributed by atoms with Gasteiger partial charge >= 0.3 is 6.18 Å². The Balaban J connectivity index is 1.87. The van der Waals surface area contributed by atoms with E-state index in [0.29, 0.717) is 41.5 Å². The molecule has 1 aliphatic rings. The molecule has 0 aliphatic heterocycles. The van der Waals surface area contributed by atoms with Crippen LogP contribution in [0.15, 0.2) is 47.5 Å². The van der Waals surface area contributed by atoms with Crippen LogP contribution in [0.25, 0.3) is 28.1 Å². The summed E-state index contributed by atoms with van der Waals surface area (Å²) in [5.74, 6) is 0.526. The van der Waals surface area contributed by atoms with Crippen LogP contribution in [0, 0.1) is 11.3 Å². The lowest BCUT2D eigenvalue weighted by Crippen LogP contribution is -2.42. The van der Waals surface area contributed by atoms with Gasteiger partial charge in [0.1, 0.15) is 28.4 Å². The van der Waals surface area contributed by atoms with Gasteiger partial charge in [-0.05, 0) is 43.7 Å². The van der Waals surface area contributed by atoms with E-state index < -0.39 is 27.1 Å². The first-order valence-electron chi connectivity index (χ1n) is 10.5. The number of allylic oxidation sites excluding steroid dienone is 4. The summed E-state index contributed by atoms with van der Waals surface area (Å²) in [6.07, 6.45) is 2.27. The van der Waals surface area contributed by atoms with Crippen molar-refractivity contribution in [1.82, 2.24) is 19.3 Å². The van der Waals surface area contributed by atoms with E-state index in [2.05, 4.69) is 11.1 Å². The second-order valence-electron chi connectivity index (χ2n) is 7.75. The van der Waals surface area contributed by atoms with Crippen LogP contribution >= 0.6 is 0 Å². The first-order chi connectivity index (χ1) is 16.5. The van der Waals surface area contributed by atoms with Crippen molar-refractivity contribution in [3.8, 4) is 23.2 Å². The van der Waals surface area contributed by atoms with Gasteiger partial charge in [-0.25, -0.2) is 13.4 Å². The molecule has 3 heterocycles. The summed E-state index contributed by atoms with van der Waals surface area (Å²) in [5.41, 5.74) is 2.82. The zero-order chi connectivity index (χ0) is 25.5. The zero-order valence-electron chi connectivity index (χ0n) is 18.9. The van der Waals surface area contributed by atoms with Crippen LogP contribution in [-0.4, -0.2) is 42.3 Å². The molecule has 1 atom stereocenters. The summed E-state index contributed by atoms with van der Waals surface area (Å²) in [4.78, 5) is 8.46. The molecule has 3 aromatic heterocycles. The Hall–Kier alpha value is -3.69. The fourth-order valence-corrected chi connectivity index (χ4v) is 4.81. The number of fused-ring (bicyclic) bond motifs is 1. The molecule has 182 valence electrons. The van der Waals surface area contributed by atoms with E-state index in [4.69, 9.17) is 9.72 Å². The predicted molar refractivity (Wildman–Crippen MR) is 123 cm³/mol. The Morgan fingerprint density at radius 3 is 2.51 bits per heavy atom. The smallest absolute Gasteiger partial charge is 0.404 e. The predicted octanol–water partition coefficient (Wildman–Crippen LogP) is 4.18. The van der Waals surface area contributed by atoms with E-state index >= 15 is 0 Å². The first kappa shape index (κ1) is 24.4. The van der Waals surface area contributed by atoms with Crippen LogP contribution in [0.2, 0.25) is 0 Å². The lowest BCUT2D eigenvalue weighted by molar-refractivity contribution is -0.147. The molecule has 1 aliphatic carbocycles. The largest absolute Gasteiger partial charge is 0.495 e. The molecule has 0 aromatic carbocycles. The van der Waals surface area contributed by atoms with Gasteiger partial charge in [-0.3, -0.25) is 9.55 Å². The molecule has 0 spiro atoms. The topological polar surface area (TPSA) is 110 Å². The fraction of sp³-hybridized carbons (Fsp3) is 0.261. The third kappa shape index (κ3) is 4.28. The van der Waals surface area contributed by atoms with Gasteiger partial charge in [0.15, 0.2) is 0 Å². The van der Waals surface area contributed by atoms with Crippen LogP contribution in [0.1, 0.15) is 25.1 Å². The summed E-state index contributed by atoms with van der Waals surface area (Å²) in [6, 6.07) is 4.12. The number of hydrogen-bond acceptors (Lipinski definition) is 6. The molecule has 35 heavy (non-hydrogen) atoms. The number of sulfonamides is 1. The maximum atomic E-state index is 12.8. The van der Waals surface area contributed by atoms with Gasteiger partial charge in [-0.2, -0.15) is 23.2 Å². The van der Waals surface area contributed by atoms with Gasteiger partial charge in [-0.1, -0.05) is 13.0 Å². The van der Waals surface area contributed by atoms with Gasteiger partial charge in [0, 0.05) is 17.3 Å². The number of rotatable bonds is 7. The van der Waals surface area contributed by atoms with Crippen LogP contribution in [0.4, 0.5) is 13.2 Å². The normalized spacial score (nSPS) is 14.4. The van der Waals surface area contributed by atoms with Crippen LogP contribution < -0.4 is 9.46 Å². The number of pyridine rings is 2. The Kier molecular flexibility index (Phi) is 6.16. The summed E-state index contributed by atoms with van der Waals surface area (Å²) in [5, 5.41) is 10.5. The van der Waals surface area contributed by atoms with Crippen molar-refractivity contribution < 1.29 is 26.3 Å². The lowest BCUT2D eigenvalue weighted by Gasteiger charge is -2.17. The minimum atomic E-state index is -4.74. The molecule has 4 rings (SSSR count). The van der Waals surface area contributed by atoms with Crippen molar-refractivity contribution in [2.75, 3.05) is 7.11 Å². The highest BCUT2D eigenvalue weighted by molar-refractivity contribution is 7.89. The van der Waals surface area contributed by atoms with Crippen molar-refractivity contribution in [1.29, 1.82) is 5.26 Å². The van der Waals surface area contributed by atoms with Crippen molar-refractivity contribution >= 4 is 26.8 Å². The number of hydrogen-bond donors (Lipinski definition) is 1. The maximum Gasteiger partial charge on any atom is 0.404 e. The fourth-order valence-electron chi connectivity index (χ4n) is 3.64. The van der Waals surface area contributed by atoms with Crippen LogP contribution in [0.5, 0.6) is 5.75 Å². The van der Waals surface area contributed by atoms with Crippen LogP contribution in [0.3, 0.4) is 0 Å². The summed E-state index contributed by atoms with van der Waals surface area (Å²) in [7, 11) is -2.96. The second-order valence-corrected chi connectivity index (χ2v) is 9.46. The van der Waals surface area contributed by atoms with E-state index in [0.717, 1.165) is 18.0 Å². The maximum absolute atomic E-state index is 12.8. The number of halogens is 3. The molecule has 0 amide bonds. The standard InChI is InChI=1S/C23H20F3N5O3S/c1-4-18-20(34-3)10-16-17(11-27)21(31(22(16)29-18)14-6-5-7-14)19-9-8-15(12-28-19)35(32,33)30-13(2)23(24,25)26/h5-10,12-13,30H,4H2,1-3H3/t13-/m0/s1. The minimum absolute atomic E-state index is 0.251. The molecule has 0 bridgehead atoms. The van der Waals surface area contributed by atoms with Gasteiger partial charge in [0.05, 0.1) is 29.8 Å². The molecule has 0 fully saturated rings. The Morgan fingerprint density at radius 2 is 2.03 bits per heavy atom. The molecule has 3 aromatic rings.